The Balaban J connectivity index is 2.95. The molecule has 3 N–H and O–H groups in total. The molecule has 0 aromatic carbocycles. The van der Waals surface area contributed by atoms with Crippen molar-refractivity contribution in [2.75, 3.05) is 0 Å². The van der Waals surface area contributed by atoms with E-state index in [1.165, 1.54) is 12.3 Å². The summed E-state index contributed by atoms with van der Waals surface area (Å²) in [5, 5.41) is 26.2. The largest absolute Gasteiger partial charge is 0.490 e. The smallest absolute Gasteiger partial charge is 0.481 e. The third kappa shape index (κ3) is 2.93. The predicted molar refractivity (Wildman–Crippen MR) is 58.1 cm³/mol. The zero-order valence-corrected chi connectivity index (χ0v) is 9.17. The van der Waals surface area contributed by atoms with Crippen LogP contribution in [0.3, 0.4) is 0 Å². The molecule has 0 aliphatic heterocycles. The third-order valence-corrected chi connectivity index (χ3v) is 2.49. The molecule has 0 saturated heterocycles. The van der Waals surface area contributed by atoms with Gasteiger partial charge in [0.25, 0.3) is 0 Å². The summed E-state index contributed by atoms with van der Waals surface area (Å²) in [6, 6.07) is 1.50. The molecule has 1 rings (SSSR count). The van der Waals surface area contributed by atoms with E-state index >= 15 is 0 Å². The summed E-state index contributed by atoms with van der Waals surface area (Å²) in [6.07, 6.45) is 1.09. The first-order valence-corrected chi connectivity index (χ1v) is 4.81. The van der Waals surface area contributed by atoms with Gasteiger partial charge in [0.15, 0.2) is 0 Å². The Morgan fingerprint density at radius 2 is 2.21 bits per heavy atom. The number of hydrogen-bond acceptors (Lipinski definition) is 4. The lowest BCUT2D eigenvalue weighted by molar-refractivity contribution is -0.136. The summed E-state index contributed by atoms with van der Waals surface area (Å²) in [5.74, 6) is -0.965. The topological polar surface area (TPSA) is 90.7 Å². The average Bonchev–Trinajstić information content (AvgIpc) is 2.07. The Labute approximate surface area is 94.1 Å². The van der Waals surface area contributed by atoms with Gasteiger partial charge in [-0.2, -0.15) is 0 Å². The van der Waals surface area contributed by atoms with Crippen LogP contribution in [0.4, 0.5) is 0 Å². The van der Waals surface area contributed by atoms with Crippen molar-refractivity contribution >= 4 is 41.1 Å². The fourth-order valence-electron chi connectivity index (χ4n) is 0.896. The van der Waals surface area contributed by atoms with Crippen LogP contribution in [0.25, 0.3) is 0 Å². The molecular formula is C7H7BINO4. The molecule has 0 bridgehead atoms. The maximum Gasteiger partial charge on any atom is 0.490 e. The molecule has 1 aromatic rings. The molecule has 5 nitrogen and oxygen atoms in total. The van der Waals surface area contributed by atoms with Gasteiger partial charge in [-0.25, -0.2) is 0 Å². The second-order valence-corrected chi connectivity index (χ2v) is 3.80. The molecule has 0 unspecified atom stereocenters. The van der Waals surface area contributed by atoms with E-state index in [1.807, 2.05) is 22.6 Å². The van der Waals surface area contributed by atoms with Gasteiger partial charge in [0, 0.05) is 15.2 Å². The number of carbonyl (C=O) groups is 1. The number of aliphatic carboxylic acids is 1. The van der Waals surface area contributed by atoms with Crippen molar-refractivity contribution in [2.45, 2.75) is 6.42 Å². The molecule has 0 aliphatic carbocycles. The Morgan fingerprint density at radius 1 is 1.57 bits per heavy atom. The van der Waals surface area contributed by atoms with Gasteiger partial charge in [-0.15, -0.1) is 0 Å². The van der Waals surface area contributed by atoms with E-state index in [1.54, 1.807) is 0 Å². The highest BCUT2D eigenvalue weighted by Crippen LogP contribution is 2.08. The second kappa shape index (κ2) is 4.71. The minimum absolute atomic E-state index is 0.167. The minimum atomic E-state index is -1.57. The molecule has 0 spiro atoms. The lowest BCUT2D eigenvalue weighted by atomic mass is 9.81. The van der Waals surface area contributed by atoms with Gasteiger partial charge in [-0.1, -0.05) is 0 Å². The summed E-state index contributed by atoms with van der Waals surface area (Å²) in [7, 11) is -1.57. The quantitative estimate of drug-likeness (QED) is 0.492. The molecule has 0 amide bonds. The monoisotopic (exact) mass is 307 g/mol. The van der Waals surface area contributed by atoms with Gasteiger partial charge in [0.05, 0.1) is 12.1 Å². The number of rotatable bonds is 3. The molecule has 0 radical (unpaired) electrons. The van der Waals surface area contributed by atoms with E-state index in [-0.39, 0.29) is 11.9 Å². The Morgan fingerprint density at radius 3 is 2.64 bits per heavy atom. The summed E-state index contributed by atoms with van der Waals surface area (Å²) in [6.45, 7) is 0. The lowest BCUT2D eigenvalue weighted by Crippen LogP contribution is -2.31. The number of hydrogen-bond donors (Lipinski definition) is 3. The molecule has 74 valence electrons. The van der Waals surface area contributed by atoms with Crippen molar-refractivity contribution in [3.05, 3.63) is 21.5 Å². The molecule has 0 aliphatic rings. The maximum absolute atomic E-state index is 10.4. The normalized spacial score (nSPS) is 9.93. The molecular weight excluding hydrogens is 300 g/mol. The van der Waals surface area contributed by atoms with Crippen LogP contribution in [0.2, 0.25) is 0 Å². The summed E-state index contributed by atoms with van der Waals surface area (Å²) in [4.78, 5) is 14.2. The van der Waals surface area contributed by atoms with Crippen LogP contribution in [0.1, 0.15) is 5.69 Å². The molecule has 0 fully saturated rings. The maximum atomic E-state index is 10.4. The lowest BCUT2D eigenvalue weighted by Gasteiger charge is -2.03. The van der Waals surface area contributed by atoms with E-state index < -0.39 is 13.1 Å². The van der Waals surface area contributed by atoms with E-state index in [9.17, 15) is 4.79 Å². The number of carboxylic acids is 1. The fraction of sp³-hybridized carbons (Fsp3) is 0.143. The summed E-state index contributed by atoms with van der Waals surface area (Å²) in [5.41, 5.74) is 0.672. The second-order valence-electron chi connectivity index (χ2n) is 2.64. The molecule has 1 aromatic heterocycles. The molecule has 14 heavy (non-hydrogen) atoms. The zero-order chi connectivity index (χ0) is 10.7. The molecule has 0 atom stereocenters. The van der Waals surface area contributed by atoms with Gasteiger partial charge < -0.3 is 15.2 Å². The summed E-state index contributed by atoms with van der Waals surface area (Å²) >= 11 is 1.90. The van der Waals surface area contributed by atoms with Gasteiger partial charge >= 0.3 is 13.1 Å². The highest BCUT2D eigenvalue weighted by Gasteiger charge is 2.14. The Kier molecular flexibility index (Phi) is 3.84. The van der Waals surface area contributed by atoms with Crippen molar-refractivity contribution in [2.24, 2.45) is 0 Å². The SMILES string of the molecule is O=C(O)Cc1ncc(B(O)O)cc1I. The first kappa shape index (κ1) is 11.4. The van der Waals surface area contributed by atoms with Gasteiger partial charge in [-0.05, 0) is 28.7 Å². The van der Waals surface area contributed by atoms with E-state index in [0.717, 1.165) is 0 Å². The van der Waals surface area contributed by atoms with Crippen LogP contribution in [-0.2, 0) is 11.2 Å². The zero-order valence-electron chi connectivity index (χ0n) is 7.01. The highest BCUT2D eigenvalue weighted by molar-refractivity contribution is 14.1. The van der Waals surface area contributed by atoms with Crippen molar-refractivity contribution in [3.8, 4) is 0 Å². The fourth-order valence-corrected chi connectivity index (χ4v) is 1.59. The molecule has 7 heteroatoms. The Bertz CT molecular complexity index is 358. The number of halogens is 1. The Hall–Kier alpha value is -0.665. The standard InChI is InChI=1S/C7H7BINO4/c9-5-1-4(8(13)14)3-10-6(5)2-7(11)12/h1,3,13-14H,2H2,(H,11,12). The van der Waals surface area contributed by atoms with Crippen molar-refractivity contribution in [1.82, 2.24) is 4.98 Å². The van der Waals surface area contributed by atoms with Crippen molar-refractivity contribution in [1.29, 1.82) is 0 Å². The minimum Gasteiger partial charge on any atom is -0.481 e. The van der Waals surface area contributed by atoms with E-state index in [4.69, 9.17) is 15.2 Å². The van der Waals surface area contributed by atoms with Crippen molar-refractivity contribution < 1.29 is 19.9 Å². The van der Waals surface area contributed by atoms with Crippen LogP contribution in [0.15, 0.2) is 12.3 Å². The van der Waals surface area contributed by atoms with Crippen LogP contribution < -0.4 is 5.46 Å². The van der Waals surface area contributed by atoms with Crippen LogP contribution in [-0.4, -0.2) is 33.2 Å². The number of nitrogens with zero attached hydrogens (tertiary/aromatic N) is 1. The predicted octanol–water partition coefficient (Wildman–Crippen LogP) is -1.01. The molecule has 0 saturated carbocycles. The molecule has 1 heterocycles. The summed E-state index contributed by atoms with van der Waals surface area (Å²) < 4.78 is 0.607. The van der Waals surface area contributed by atoms with Gasteiger partial charge in [0.2, 0.25) is 0 Å². The van der Waals surface area contributed by atoms with E-state index in [0.29, 0.717) is 9.26 Å². The van der Waals surface area contributed by atoms with Crippen LogP contribution in [0, 0.1) is 3.57 Å². The third-order valence-electron chi connectivity index (χ3n) is 1.56. The van der Waals surface area contributed by atoms with Gasteiger partial charge in [0.1, 0.15) is 0 Å². The van der Waals surface area contributed by atoms with Gasteiger partial charge in [-0.3, -0.25) is 9.78 Å². The van der Waals surface area contributed by atoms with E-state index in [2.05, 4.69) is 4.98 Å². The first-order valence-electron chi connectivity index (χ1n) is 3.73. The average molecular weight is 307 g/mol. The number of carboxylic acid groups (broad SMARTS) is 1. The van der Waals surface area contributed by atoms with Crippen molar-refractivity contribution in [3.63, 3.8) is 0 Å². The number of aromatic nitrogens is 1. The first-order chi connectivity index (χ1) is 6.50. The number of pyridine rings is 1. The van der Waals surface area contributed by atoms with Crippen LogP contribution in [0.5, 0.6) is 0 Å². The highest BCUT2D eigenvalue weighted by atomic mass is 127. The van der Waals surface area contributed by atoms with Crippen LogP contribution >= 0.6 is 22.6 Å².